The predicted octanol–water partition coefficient (Wildman–Crippen LogP) is 5.92. The molecular formula is C24H34BrNO4SSi. The molecule has 1 atom stereocenters. The number of hydrogen-bond donors (Lipinski definition) is 0. The van der Waals surface area contributed by atoms with Crippen LogP contribution in [0.5, 0.6) is 0 Å². The van der Waals surface area contributed by atoms with Crippen molar-refractivity contribution in [2.24, 2.45) is 0 Å². The Morgan fingerprint density at radius 2 is 1.81 bits per heavy atom. The van der Waals surface area contributed by atoms with Gasteiger partial charge in [0, 0.05) is 10.9 Å². The average molecular weight is 541 g/mol. The molecule has 176 valence electrons. The van der Waals surface area contributed by atoms with E-state index in [-0.39, 0.29) is 23.1 Å². The van der Waals surface area contributed by atoms with Crippen LogP contribution in [0.1, 0.15) is 37.9 Å². The van der Waals surface area contributed by atoms with E-state index in [0.29, 0.717) is 6.42 Å². The van der Waals surface area contributed by atoms with Gasteiger partial charge in [0.25, 0.3) is 0 Å². The quantitative estimate of drug-likeness (QED) is 0.293. The Balaban J connectivity index is 2.47. The Labute approximate surface area is 202 Å². The Morgan fingerprint density at radius 3 is 2.28 bits per heavy atom. The number of halogens is 1. The van der Waals surface area contributed by atoms with Crippen molar-refractivity contribution in [2.75, 3.05) is 13.2 Å². The zero-order valence-corrected chi connectivity index (χ0v) is 23.4. The summed E-state index contributed by atoms with van der Waals surface area (Å²) in [7, 11) is -5.96. The third-order valence-electron chi connectivity index (χ3n) is 6.17. The minimum Gasteiger partial charge on any atom is -0.466 e. The van der Waals surface area contributed by atoms with Crippen LogP contribution in [0.2, 0.25) is 18.1 Å². The van der Waals surface area contributed by atoms with E-state index in [0.717, 1.165) is 21.6 Å². The standard InChI is InChI=1S/C24H34BrNO4SSi/c1-9-14-26(31(27,28)23-12-10-20(25)11-13-23)21(16-22-15-18(2)19(3)30-22)17-29-32(7,8)24(4,5)6/h1,10-13,15,21H,14,16-17H2,2-8H3/t21-/m1/s1. The molecule has 2 aromatic rings. The molecule has 0 aliphatic carbocycles. The highest BCUT2D eigenvalue weighted by Crippen LogP contribution is 2.37. The van der Waals surface area contributed by atoms with Crippen molar-refractivity contribution >= 4 is 34.3 Å². The number of nitrogens with zero attached hydrogens (tertiary/aromatic N) is 1. The van der Waals surface area contributed by atoms with Crippen LogP contribution in [0.3, 0.4) is 0 Å². The molecule has 32 heavy (non-hydrogen) atoms. The first-order valence-corrected chi connectivity index (χ1v) is 15.7. The van der Waals surface area contributed by atoms with E-state index in [9.17, 15) is 8.42 Å². The number of terminal acetylenes is 1. The van der Waals surface area contributed by atoms with Crippen LogP contribution in [0, 0.1) is 26.2 Å². The molecule has 1 heterocycles. The van der Waals surface area contributed by atoms with Gasteiger partial charge in [0.1, 0.15) is 11.5 Å². The SMILES string of the molecule is C#CCN([C@@H](CO[Si](C)(C)C(C)(C)C)Cc1cc(C)c(C)o1)S(=O)(=O)c1ccc(Br)cc1. The summed E-state index contributed by atoms with van der Waals surface area (Å²) < 4.78 is 41.7. The van der Waals surface area contributed by atoms with Gasteiger partial charge in [0.05, 0.1) is 24.1 Å². The zero-order chi connectivity index (χ0) is 24.3. The molecule has 0 saturated heterocycles. The van der Waals surface area contributed by atoms with E-state index in [2.05, 4.69) is 55.7 Å². The maximum atomic E-state index is 13.6. The zero-order valence-electron chi connectivity index (χ0n) is 20.0. The summed E-state index contributed by atoms with van der Waals surface area (Å²) in [4.78, 5) is 0.195. The fourth-order valence-electron chi connectivity index (χ4n) is 2.99. The molecule has 0 saturated carbocycles. The average Bonchev–Trinajstić information content (AvgIpc) is 3.00. The summed E-state index contributed by atoms with van der Waals surface area (Å²) in [5.41, 5.74) is 1.03. The second kappa shape index (κ2) is 10.3. The van der Waals surface area contributed by atoms with Crippen LogP contribution in [0.4, 0.5) is 0 Å². The Morgan fingerprint density at radius 1 is 1.22 bits per heavy atom. The van der Waals surface area contributed by atoms with Gasteiger partial charge in [0.15, 0.2) is 8.32 Å². The molecule has 0 aliphatic rings. The van der Waals surface area contributed by atoms with Crippen molar-refractivity contribution in [3.8, 4) is 12.3 Å². The van der Waals surface area contributed by atoms with E-state index in [1.807, 2.05) is 19.9 Å². The van der Waals surface area contributed by atoms with Crippen LogP contribution < -0.4 is 0 Å². The molecule has 0 spiro atoms. The topological polar surface area (TPSA) is 59.8 Å². The molecule has 0 aliphatic heterocycles. The predicted molar refractivity (Wildman–Crippen MR) is 136 cm³/mol. The molecule has 5 nitrogen and oxygen atoms in total. The fourth-order valence-corrected chi connectivity index (χ4v) is 5.82. The number of aryl methyl sites for hydroxylation is 2. The fraction of sp³-hybridized carbons (Fsp3) is 0.500. The molecule has 0 N–H and O–H groups in total. The minimum atomic E-state index is -3.84. The molecule has 8 heteroatoms. The van der Waals surface area contributed by atoms with Crippen molar-refractivity contribution in [3.05, 3.63) is 51.9 Å². The maximum absolute atomic E-state index is 13.6. The first kappa shape index (κ1) is 26.9. The van der Waals surface area contributed by atoms with Crippen LogP contribution in [-0.4, -0.2) is 40.2 Å². The van der Waals surface area contributed by atoms with Gasteiger partial charge >= 0.3 is 0 Å². The monoisotopic (exact) mass is 539 g/mol. The van der Waals surface area contributed by atoms with Gasteiger partial charge in [-0.3, -0.25) is 0 Å². The van der Waals surface area contributed by atoms with Crippen LogP contribution in [0.25, 0.3) is 0 Å². The minimum absolute atomic E-state index is 0.00304. The Bertz CT molecular complexity index is 1040. The van der Waals surface area contributed by atoms with E-state index in [1.54, 1.807) is 24.3 Å². The molecule has 1 aromatic carbocycles. The highest BCUT2D eigenvalue weighted by atomic mass is 79.9. The second-order valence-corrected chi connectivity index (χ2v) is 17.2. The molecule has 0 bridgehead atoms. The third-order valence-corrected chi connectivity index (χ3v) is 13.1. The number of hydrogen-bond acceptors (Lipinski definition) is 4. The van der Waals surface area contributed by atoms with Crippen LogP contribution >= 0.6 is 15.9 Å². The normalized spacial score (nSPS) is 13.9. The van der Waals surface area contributed by atoms with E-state index < -0.39 is 24.4 Å². The summed E-state index contributed by atoms with van der Waals surface area (Å²) in [6.45, 7) is 14.8. The van der Waals surface area contributed by atoms with E-state index in [4.69, 9.17) is 15.3 Å². The molecule has 0 amide bonds. The van der Waals surface area contributed by atoms with Crippen molar-refractivity contribution in [3.63, 3.8) is 0 Å². The lowest BCUT2D eigenvalue weighted by Crippen LogP contribution is -2.49. The van der Waals surface area contributed by atoms with Crippen molar-refractivity contribution in [1.29, 1.82) is 0 Å². The van der Waals surface area contributed by atoms with Crippen LogP contribution in [0.15, 0.2) is 44.1 Å². The van der Waals surface area contributed by atoms with Crippen molar-refractivity contribution in [1.82, 2.24) is 4.31 Å². The summed E-state index contributed by atoms with van der Waals surface area (Å²) in [6.07, 6.45) is 6.00. The Kier molecular flexibility index (Phi) is 8.62. The largest absolute Gasteiger partial charge is 0.466 e. The smallest absolute Gasteiger partial charge is 0.244 e. The van der Waals surface area contributed by atoms with Gasteiger partial charge in [-0.15, -0.1) is 6.42 Å². The number of benzene rings is 1. The van der Waals surface area contributed by atoms with Gasteiger partial charge < -0.3 is 8.84 Å². The first-order chi connectivity index (χ1) is 14.7. The van der Waals surface area contributed by atoms with Gasteiger partial charge in [0.2, 0.25) is 10.0 Å². The summed E-state index contributed by atoms with van der Waals surface area (Å²) in [5, 5.41) is -0.00304. The lowest BCUT2D eigenvalue weighted by Gasteiger charge is -2.38. The second-order valence-electron chi connectivity index (χ2n) is 9.59. The molecular weight excluding hydrogens is 506 g/mol. The highest BCUT2D eigenvalue weighted by molar-refractivity contribution is 9.10. The lowest BCUT2D eigenvalue weighted by molar-refractivity contribution is 0.192. The summed E-state index contributed by atoms with van der Waals surface area (Å²) in [6, 6.07) is 8.03. The van der Waals surface area contributed by atoms with Gasteiger partial charge in [-0.2, -0.15) is 4.31 Å². The highest BCUT2D eigenvalue weighted by Gasteiger charge is 2.39. The first-order valence-electron chi connectivity index (χ1n) is 10.6. The number of furan rings is 1. The maximum Gasteiger partial charge on any atom is 0.244 e. The Hall–Kier alpha value is -1.37. The van der Waals surface area contributed by atoms with Gasteiger partial charge in [-0.05, 0) is 67.9 Å². The number of sulfonamides is 1. The molecule has 0 radical (unpaired) electrons. The molecule has 1 aromatic heterocycles. The van der Waals surface area contributed by atoms with Gasteiger partial charge in [-0.1, -0.05) is 42.6 Å². The third kappa shape index (κ3) is 6.36. The van der Waals surface area contributed by atoms with Crippen LogP contribution in [-0.2, 0) is 20.9 Å². The van der Waals surface area contributed by atoms with E-state index >= 15 is 0 Å². The summed E-state index contributed by atoms with van der Waals surface area (Å²) in [5.74, 6) is 4.07. The van der Waals surface area contributed by atoms with E-state index in [1.165, 1.54) is 4.31 Å². The van der Waals surface area contributed by atoms with Gasteiger partial charge in [-0.25, -0.2) is 8.42 Å². The number of rotatable bonds is 9. The van der Waals surface area contributed by atoms with Crippen molar-refractivity contribution in [2.45, 2.75) is 70.1 Å². The van der Waals surface area contributed by atoms with Crippen molar-refractivity contribution < 1.29 is 17.3 Å². The summed E-state index contributed by atoms with van der Waals surface area (Å²) >= 11 is 3.36. The lowest BCUT2D eigenvalue weighted by atomic mass is 10.1. The molecule has 2 rings (SSSR count). The molecule has 0 unspecified atom stereocenters. The molecule has 0 fully saturated rings.